The van der Waals surface area contributed by atoms with Crippen molar-refractivity contribution in [3.05, 3.63) is 26.6 Å². The van der Waals surface area contributed by atoms with Gasteiger partial charge in [0.05, 0.1) is 24.5 Å². The monoisotopic (exact) mass is 322 g/mol. The fourth-order valence-corrected chi connectivity index (χ4v) is 4.49. The minimum atomic E-state index is -0.881. The summed E-state index contributed by atoms with van der Waals surface area (Å²) in [5.74, 6) is -0.868. The molecule has 0 aliphatic heterocycles. The van der Waals surface area contributed by atoms with Crippen molar-refractivity contribution in [1.82, 2.24) is 9.55 Å². The van der Waals surface area contributed by atoms with Crippen LogP contribution in [-0.2, 0) is 24.2 Å². The average molecular weight is 322 g/mol. The molecular formula is C15H18N2O4S. The van der Waals surface area contributed by atoms with E-state index in [9.17, 15) is 19.8 Å². The lowest BCUT2D eigenvalue weighted by Gasteiger charge is -2.19. The molecular weight excluding hydrogens is 304 g/mol. The SMILES string of the molecule is CCc1nc2sc3c(c2c(=O)n1CCO)C(C(=O)O)CCC3. The number of carbonyl (C=O) groups is 1. The van der Waals surface area contributed by atoms with Crippen LogP contribution in [0, 0.1) is 0 Å². The number of aryl methyl sites for hydroxylation is 2. The lowest BCUT2D eigenvalue weighted by molar-refractivity contribution is -0.139. The minimum absolute atomic E-state index is 0.144. The van der Waals surface area contributed by atoms with Crippen molar-refractivity contribution in [3.8, 4) is 0 Å². The Morgan fingerprint density at radius 2 is 2.27 bits per heavy atom. The zero-order chi connectivity index (χ0) is 15.9. The van der Waals surface area contributed by atoms with Gasteiger partial charge in [-0.25, -0.2) is 4.98 Å². The van der Waals surface area contributed by atoms with Gasteiger partial charge < -0.3 is 10.2 Å². The number of aliphatic carboxylic acids is 1. The summed E-state index contributed by atoms with van der Waals surface area (Å²) in [6.45, 7) is 1.96. The maximum atomic E-state index is 12.8. The fourth-order valence-electron chi connectivity index (χ4n) is 3.21. The van der Waals surface area contributed by atoms with E-state index < -0.39 is 11.9 Å². The highest BCUT2D eigenvalue weighted by atomic mass is 32.1. The molecule has 1 atom stereocenters. The van der Waals surface area contributed by atoms with E-state index >= 15 is 0 Å². The number of nitrogens with zero attached hydrogens (tertiary/aromatic N) is 2. The van der Waals surface area contributed by atoms with Gasteiger partial charge >= 0.3 is 5.97 Å². The zero-order valence-corrected chi connectivity index (χ0v) is 13.2. The summed E-state index contributed by atoms with van der Waals surface area (Å²) in [7, 11) is 0. The highest BCUT2D eigenvalue weighted by Gasteiger charge is 2.32. The van der Waals surface area contributed by atoms with Crippen LogP contribution >= 0.6 is 11.3 Å². The second-order valence-corrected chi connectivity index (χ2v) is 6.55. The number of aromatic nitrogens is 2. The molecule has 22 heavy (non-hydrogen) atoms. The van der Waals surface area contributed by atoms with Crippen LogP contribution in [0.3, 0.4) is 0 Å². The van der Waals surface area contributed by atoms with E-state index in [1.54, 1.807) is 0 Å². The molecule has 2 N–H and O–H groups in total. The molecule has 0 saturated carbocycles. The standard InChI is InChI=1S/C15H18N2O4S/c1-2-10-16-13-12(14(19)17(10)6-7-18)11-8(15(20)21)4-3-5-9(11)22-13/h8,18H,2-7H2,1H3,(H,20,21). The Morgan fingerprint density at radius 3 is 2.91 bits per heavy atom. The molecule has 0 aromatic carbocycles. The first-order chi connectivity index (χ1) is 10.6. The van der Waals surface area contributed by atoms with E-state index in [4.69, 9.17) is 0 Å². The molecule has 118 valence electrons. The van der Waals surface area contributed by atoms with Gasteiger partial charge in [-0.3, -0.25) is 14.2 Å². The second kappa shape index (κ2) is 5.81. The van der Waals surface area contributed by atoms with Crippen molar-refractivity contribution in [2.75, 3.05) is 6.61 Å². The number of thiophene rings is 1. The minimum Gasteiger partial charge on any atom is -0.481 e. The Balaban J connectivity index is 2.34. The molecule has 3 rings (SSSR count). The highest BCUT2D eigenvalue weighted by Crippen LogP contribution is 2.40. The van der Waals surface area contributed by atoms with Gasteiger partial charge in [0.15, 0.2) is 0 Å². The third-order valence-electron chi connectivity index (χ3n) is 4.19. The lowest BCUT2D eigenvalue weighted by Crippen LogP contribution is -2.28. The van der Waals surface area contributed by atoms with E-state index in [1.807, 2.05) is 6.92 Å². The first-order valence-corrected chi connectivity index (χ1v) is 8.28. The molecule has 0 fully saturated rings. The highest BCUT2D eigenvalue weighted by molar-refractivity contribution is 7.18. The zero-order valence-electron chi connectivity index (χ0n) is 12.3. The van der Waals surface area contributed by atoms with Crippen molar-refractivity contribution in [3.63, 3.8) is 0 Å². The van der Waals surface area contributed by atoms with E-state index in [0.717, 1.165) is 17.7 Å². The number of aliphatic hydroxyl groups is 1. The number of carboxylic acids is 1. The number of hydrogen-bond acceptors (Lipinski definition) is 5. The Kier molecular flexibility index (Phi) is 4.01. The molecule has 2 aromatic heterocycles. The smallest absolute Gasteiger partial charge is 0.311 e. The third kappa shape index (κ3) is 2.24. The normalized spacial score (nSPS) is 17.6. The van der Waals surface area contributed by atoms with Crippen LogP contribution in [0.2, 0.25) is 0 Å². The van der Waals surface area contributed by atoms with Gasteiger partial charge in [-0.15, -0.1) is 11.3 Å². The molecule has 0 amide bonds. The summed E-state index contributed by atoms with van der Waals surface area (Å²) in [5, 5.41) is 19.1. The molecule has 1 aliphatic carbocycles. The van der Waals surface area contributed by atoms with Gasteiger partial charge in [0, 0.05) is 11.3 Å². The van der Waals surface area contributed by atoms with Crippen LogP contribution in [0.25, 0.3) is 10.2 Å². The number of hydrogen-bond donors (Lipinski definition) is 2. The summed E-state index contributed by atoms with van der Waals surface area (Å²) in [5.41, 5.74) is 0.437. The van der Waals surface area contributed by atoms with E-state index in [1.165, 1.54) is 15.9 Å². The molecule has 0 spiro atoms. The summed E-state index contributed by atoms with van der Waals surface area (Å²) < 4.78 is 1.48. The molecule has 1 unspecified atom stereocenters. The van der Waals surface area contributed by atoms with Crippen molar-refractivity contribution in [2.45, 2.75) is 45.1 Å². The predicted octanol–water partition coefficient (Wildman–Crippen LogP) is 1.52. The molecule has 7 heteroatoms. The Labute approximate surface area is 131 Å². The topological polar surface area (TPSA) is 92.4 Å². The van der Waals surface area contributed by atoms with Gasteiger partial charge in [0.1, 0.15) is 10.7 Å². The Bertz CT molecular complexity index is 793. The second-order valence-electron chi connectivity index (χ2n) is 5.46. The first-order valence-electron chi connectivity index (χ1n) is 7.47. The molecule has 2 aromatic rings. The van der Waals surface area contributed by atoms with Crippen molar-refractivity contribution in [1.29, 1.82) is 0 Å². The predicted molar refractivity (Wildman–Crippen MR) is 83.7 cm³/mol. The number of fused-ring (bicyclic) bond motifs is 3. The fraction of sp³-hybridized carbons (Fsp3) is 0.533. The largest absolute Gasteiger partial charge is 0.481 e. The van der Waals surface area contributed by atoms with Gasteiger partial charge in [-0.1, -0.05) is 6.92 Å². The lowest BCUT2D eigenvalue weighted by atomic mass is 9.86. The maximum Gasteiger partial charge on any atom is 0.311 e. The quantitative estimate of drug-likeness (QED) is 0.890. The van der Waals surface area contributed by atoms with Crippen LogP contribution in [0.1, 0.15) is 41.9 Å². The first kappa shape index (κ1) is 15.2. The summed E-state index contributed by atoms with van der Waals surface area (Å²) in [6, 6.07) is 0. The van der Waals surface area contributed by atoms with Gasteiger partial charge in [0.25, 0.3) is 5.56 Å². The number of aliphatic hydroxyl groups excluding tert-OH is 1. The van der Waals surface area contributed by atoms with E-state index in [-0.39, 0.29) is 18.7 Å². The Morgan fingerprint density at radius 1 is 1.50 bits per heavy atom. The summed E-state index contributed by atoms with van der Waals surface area (Å²) >= 11 is 1.44. The van der Waals surface area contributed by atoms with Crippen molar-refractivity contribution < 1.29 is 15.0 Å². The number of carboxylic acid groups (broad SMARTS) is 1. The third-order valence-corrected chi connectivity index (χ3v) is 5.35. The van der Waals surface area contributed by atoms with Crippen molar-refractivity contribution >= 4 is 27.5 Å². The Hall–Kier alpha value is -1.73. The number of rotatable bonds is 4. The average Bonchev–Trinajstić information content (AvgIpc) is 2.88. The maximum absolute atomic E-state index is 12.8. The summed E-state index contributed by atoms with van der Waals surface area (Å²) in [6.07, 6.45) is 2.78. The molecule has 0 bridgehead atoms. The molecule has 6 nitrogen and oxygen atoms in total. The van der Waals surface area contributed by atoms with Crippen molar-refractivity contribution in [2.24, 2.45) is 0 Å². The summed E-state index contributed by atoms with van der Waals surface area (Å²) in [4.78, 5) is 30.5. The molecule has 1 aliphatic rings. The van der Waals surface area contributed by atoms with E-state index in [2.05, 4.69) is 4.98 Å². The van der Waals surface area contributed by atoms with Gasteiger partial charge in [0.2, 0.25) is 0 Å². The van der Waals surface area contributed by atoms with Crippen LogP contribution in [0.5, 0.6) is 0 Å². The van der Waals surface area contributed by atoms with E-state index in [0.29, 0.717) is 34.4 Å². The van der Waals surface area contributed by atoms with Gasteiger partial charge in [-0.05, 0) is 24.8 Å². The molecule has 0 saturated heterocycles. The van der Waals surface area contributed by atoms with Crippen LogP contribution in [-0.4, -0.2) is 32.3 Å². The van der Waals surface area contributed by atoms with Crippen LogP contribution < -0.4 is 5.56 Å². The van der Waals surface area contributed by atoms with Crippen LogP contribution in [0.15, 0.2) is 4.79 Å². The van der Waals surface area contributed by atoms with Crippen LogP contribution in [0.4, 0.5) is 0 Å². The van der Waals surface area contributed by atoms with Gasteiger partial charge in [-0.2, -0.15) is 0 Å². The molecule has 2 heterocycles. The molecule has 0 radical (unpaired) electrons.